The summed E-state index contributed by atoms with van der Waals surface area (Å²) in [6.07, 6.45) is 2.56. The van der Waals surface area contributed by atoms with Crippen LogP contribution < -0.4 is 9.47 Å². The van der Waals surface area contributed by atoms with Crippen LogP contribution in [0.3, 0.4) is 0 Å². The summed E-state index contributed by atoms with van der Waals surface area (Å²) in [4.78, 5) is 35.2. The van der Waals surface area contributed by atoms with Gasteiger partial charge in [0.2, 0.25) is 5.91 Å². The minimum absolute atomic E-state index is 0.0303. The van der Waals surface area contributed by atoms with Crippen molar-refractivity contribution in [2.45, 2.75) is 44.6 Å². The molecular formula is C34H37N3O4. The Kier molecular flexibility index (Phi) is 7.20. The number of rotatable bonds is 9. The molecule has 212 valence electrons. The highest BCUT2D eigenvalue weighted by Crippen LogP contribution is 2.49. The van der Waals surface area contributed by atoms with Gasteiger partial charge in [0.1, 0.15) is 0 Å². The summed E-state index contributed by atoms with van der Waals surface area (Å²) < 4.78 is 11.6. The Labute approximate surface area is 241 Å². The lowest BCUT2D eigenvalue weighted by atomic mass is 9.76. The molecule has 1 aromatic heterocycles. The minimum Gasteiger partial charge on any atom is -0.493 e. The zero-order chi connectivity index (χ0) is 28.6. The summed E-state index contributed by atoms with van der Waals surface area (Å²) in [5, 5.41) is 1.07. The molecule has 2 aliphatic rings. The number of H-pyrrole nitrogens is 1. The van der Waals surface area contributed by atoms with E-state index in [1.165, 1.54) is 5.56 Å². The van der Waals surface area contributed by atoms with E-state index in [4.69, 9.17) is 9.47 Å². The number of aryl methyl sites for hydroxylation is 1. The van der Waals surface area contributed by atoms with Crippen LogP contribution in [0, 0.1) is 0 Å². The second-order valence-electron chi connectivity index (χ2n) is 11.2. The summed E-state index contributed by atoms with van der Waals surface area (Å²) in [6, 6.07) is 24.4. The Bertz CT molecular complexity index is 1580. The van der Waals surface area contributed by atoms with Gasteiger partial charge < -0.3 is 24.3 Å². The number of benzene rings is 3. The van der Waals surface area contributed by atoms with Crippen molar-refractivity contribution < 1.29 is 19.1 Å². The molecule has 4 aromatic rings. The van der Waals surface area contributed by atoms with Crippen LogP contribution in [0.5, 0.6) is 11.5 Å². The van der Waals surface area contributed by atoms with Crippen molar-refractivity contribution in [3.8, 4) is 11.5 Å². The highest BCUT2D eigenvalue weighted by molar-refractivity contribution is 6.01. The number of methoxy groups -OCH3 is 1. The summed E-state index contributed by atoms with van der Waals surface area (Å²) in [5.41, 5.74) is 3.96. The number of aromatic amines is 1. The van der Waals surface area contributed by atoms with Crippen LogP contribution in [-0.2, 0) is 21.5 Å². The predicted octanol–water partition coefficient (Wildman–Crippen LogP) is 5.63. The summed E-state index contributed by atoms with van der Waals surface area (Å²) in [6.45, 7) is 5.63. The van der Waals surface area contributed by atoms with E-state index in [-0.39, 0.29) is 24.3 Å². The van der Waals surface area contributed by atoms with Crippen LogP contribution >= 0.6 is 0 Å². The molecular weight excluding hydrogens is 514 g/mol. The van der Waals surface area contributed by atoms with Gasteiger partial charge in [-0.2, -0.15) is 0 Å². The predicted molar refractivity (Wildman–Crippen MR) is 159 cm³/mol. The number of piperazine rings is 1. The molecule has 0 unspecified atom stereocenters. The van der Waals surface area contributed by atoms with Crippen molar-refractivity contribution >= 4 is 22.7 Å². The maximum absolute atomic E-state index is 14.3. The largest absolute Gasteiger partial charge is 0.493 e. The molecule has 0 saturated carbocycles. The Morgan fingerprint density at radius 3 is 2.56 bits per heavy atom. The van der Waals surface area contributed by atoms with Crippen molar-refractivity contribution in [1.29, 1.82) is 0 Å². The van der Waals surface area contributed by atoms with E-state index in [1.807, 2.05) is 55.5 Å². The third kappa shape index (κ3) is 4.63. The number of fused-ring (bicyclic) bond motifs is 5. The third-order valence-corrected chi connectivity index (χ3v) is 8.61. The van der Waals surface area contributed by atoms with E-state index >= 15 is 0 Å². The third-order valence-electron chi connectivity index (χ3n) is 8.61. The number of carbonyl (C=O) groups is 2. The average molecular weight is 552 g/mol. The lowest BCUT2D eigenvalue weighted by Gasteiger charge is -2.51. The zero-order valence-corrected chi connectivity index (χ0v) is 24.0. The van der Waals surface area contributed by atoms with Gasteiger partial charge in [-0.25, -0.2) is 0 Å². The van der Waals surface area contributed by atoms with Crippen molar-refractivity contribution in [2.75, 3.05) is 33.4 Å². The molecule has 1 N–H and O–H groups in total. The molecule has 7 heteroatoms. The van der Waals surface area contributed by atoms with E-state index in [2.05, 4.69) is 36.2 Å². The fourth-order valence-electron chi connectivity index (χ4n) is 6.51. The van der Waals surface area contributed by atoms with E-state index in [0.29, 0.717) is 31.2 Å². The number of hydrogen-bond donors (Lipinski definition) is 1. The van der Waals surface area contributed by atoms with Gasteiger partial charge in [0, 0.05) is 29.9 Å². The molecule has 1 fully saturated rings. The van der Waals surface area contributed by atoms with Crippen molar-refractivity contribution in [1.82, 2.24) is 14.8 Å². The van der Waals surface area contributed by atoms with Crippen LogP contribution in [-0.4, -0.2) is 59.9 Å². The molecule has 6 rings (SSSR count). The van der Waals surface area contributed by atoms with Gasteiger partial charge in [-0.3, -0.25) is 9.59 Å². The number of nitrogens with one attached hydrogen (secondary N) is 1. The number of amides is 2. The molecule has 2 atom stereocenters. The normalized spacial score (nSPS) is 20.2. The molecule has 3 aromatic carbocycles. The van der Waals surface area contributed by atoms with Gasteiger partial charge in [-0.05, 0) is 61.1 Å². The van der Waals surface area contributed by atoms with E-state index in [0.717, 1.165) is 47.0 Å². The molecule has 3 heterocycles. The van der Waals surface area contributed by atoms with E-state index < -0.39 is 5.54 Å². The van der Waals surface area contributed by atoms with Crippen LogP contribution in [0.2, 0.25) is 0 Å². The Balaban J connectivity index is 1.38. The lowest BCUT2D eigenvalue weighted by molar-refractivity contribution is -0.166. The molecule has 7 nitrogen and oxygen atoms in total. The van der Waals surface area contributed by atoms with Crippen LogP contribution in [0.4, 0.5) is 0 Å². The molecule has 0 radical (unpaired) electrons. The van der Waals surface area contributed by atoms with Crippen LogP contribution in [0.25, 0.3) is 10.9 Å². The maximum Gasteiger partial charge on any atom is 0.254 e. The number of ether oxygens (including phenoxy) is 2. The highest BCUT2D eigenvalue weighted by atomic mass is 16.5. The Morgan fingerprint density at radius 1 is 1.00 bits per heavy atom. The highest BCUT2D eigenvalue weighted by Gasteiger charge is 2.56. The van der Waals surface area contributed by atoms with Gasteiger partial charge in [0.25, 0.3) is 5.91 Å². The Morgan fingerprint density at radius 2 is 1.78 bits per heavy atom. The molecule has 0 aliphatic carbocycles. The standard InChI is InChI=1S/C34H37N3O4/c1-4-19-41-28-17-16-24(20-29(28)40-3)26-21-37-30(38)22-36(18-10-13-23-11-6-5-7-12-23)33(39)34(37,2)32-31(26)25-14-8-9-15-27(25)35-32/h5-9,11-12,14-17,20,26,35H,4,10,13,18-19,21-22H2,1-3H3/t26-,34-/m0/s1. The lowest BCUT2D eigenvalue weighted by Crippen LogP contribution is -2.67. The van der Waals surface area contributed by atoms with Gasteiger partial charge >= 0.3 is 0 Å². The number of aromatic nitrogens is 1. The first kappa shape index (κ1) is 26.9. The summed E-state index contributed by atoms with van der Waals surface area (Å²) >= 11 is 0. The average Bonchev–Trinajstić information content (AvgIpc) is 3.40. The number of carbonyl (C=O) groups excluding carboxylic acids is 2. The van der Waals surface area contributed by atoms with Gasteiger partial charge in [0.05, 0.1) is 26.0 Å². The molecule has 41 heavy (non-hydrogen) atoms. The van der Waals surface area contributed by atoms with Crippen LogP contribution in [0.15, 0.2) is 72.8 Å². The first-order valence-corrected chi connectivity index (χ1v) is 14.5. The van der Waals surface area contributed by atoms with E-state index in [1.54, 1.807) is 16.9 Å². The monoisotopic (exact) mass is 551 g/mol. The summed E-state index contributed by atoms with van der Waals surface area (Å²) in [5.74, 6) is 1.17. The maximum atomic E-state index is 14.3. The minimum atomic E-state index is -1.11. The second kappa shape index (κ2) is 11.0. The topological polar surface area (TPSA) is 74.9 Å². The first-order valence-electron chi connectivity index (χ1n) is 14.5. The quantitative estimate of drug-likeness (QED) is 0.293. The fraction of sp³-hybridized carbons (Fsp3) is 0.353. The molecule has 0 spiro atoms. The molecule has 0 bridgehead atoms. The molecule has 1 saturated heterocycles. The van der Waals surface area contributed by atoms with Crippen molar-refractivity contribution in [3.05, 3.63) is 95.2 Å². The second-order valence-corrected chi connectivity index (χ2v) is 11.2. The number of para-hydroxylation sites is 1. The van der Waals surface area contributed by atoms with Crippen molar-refractivity contribution in [3.63, 3.8) is 0 Å². The number of nitrogens with zero attached hydrogens (tertiary/aromatic N) is 2. The van der Waals surface area contributed by atoms with Gasteiger partial charge in [-0.15, -0.1) is 0 Å². The number of hydrogen-bond acceptors (Lipinski definition) is 4. The summed E-state index contributed by atoms with van der Waals surface area (Å²) in [7, 11) is 1.65. The molecule has 2 amide bonds. The SMILES string of the molecule is CCCOc1ccc([C@@H]2CN3C(=O)CN(CCCc4ccccc4)C(=O)[C@]3(C)c3[nH]c4ccccc4c32)cc1OC. The first-order chi connectivity index (χ1) is 20.0. The van der Waals surface area contributed by atoms with Gasteiger partial charge in [-0.1, -0.05) is 61.5 Å². The van der Waals surface area contributed by atoms with Crippen LogP contribution in [0.1, 0.15) is 55.0 Å². The van der Waals surface area contributed by atoms with Gasteiger partial charge in [0.15, 0.2) is 17.0 Å². The fourth-order valence-corrected chi connectivity index (χ4v) is 6.51. The van der Waals surface area contributed by atoms with E-state index in [9.17, 15) is 9.59 Å². The van der Waals surface area contributed by atoms with Crippen molar-refractivity contribution in [2.24, 2.45) is 0 Å². The Hall–Kier alpha value is -4.26. The molecule has 2 aliphatic heterocycles. The smallest absolute Gasteiger partial charge is 0.254 e. The zero-order valence-electron chi connectivity index (χ0n) is 24.0.